The van der Waals surface area contributed by atoms with Crippen molar-refractivity contribution in [1.82, 2.24) is 0 Å². The van der Waals surface area contributed by atoms with Crippen LogP contribution < -0.4 is 5.73 Å². The van der Waals surface area contributed by atoms with Crippen molar-refractivity contribution in [3.63, 3.8) is 0 Å². The molecule has 0 bridgehead atoms. The third-order valence-corrected chi connectivity index (χ3v) is 4.94. The molecule has 2 N–H and O–H groups in total. The summed E-state index contributed by atoms with van der Waals surface area (Å²) in [7, 11) is -3.38. The highest BCUT2D eigenvalue weighted by atomic mass is 35.5. The van der Waals surface area contributed by atoms with Gasteiger partial charge in [0, 0.05) is 10.7 Å². The number of nitrogens with two attached hydrogens (primary N) is 1. The second-order valence-electron chi connectivity index (χ2n) is 4.34. The standard InChI is InChI=1S/C14H14ClNO2S/c1-10-11(3-2-4-14(10)16)9-19(17,18)13-7-5-12(15)6-8-13/h2-8H,9,16H2,1H3. The van der Waals surface area contributed by atoms with E-state index in [-0.39, 0.29) is 10.6 Å². The van der Waals surface area contributed by atoms with Gasteiger partial charge in [0.15, 0.2) is 9.84 Å². The molecule has 2 rings (SSSR count). The molecule has 0 atom stereocenters. The van der Waals surface area contributed by atoms with Crippen LogP contribution in [-0.4, -0.2) is 8.42 Å². The Labute approximate surface area is 117 Å². The monoisotopic (exact) mass is 295 g/mol. The normalized spacial score (nSPS) is 11.5. The van der Waals surface area contributed by atoms with E-state index in [0.29, 0.717) is 10.7 Å². The van der Waals surface area contributed by atoms with E-state index < -0.39 is 9.84 Å². The van der Waals surface area contributed by atoms with E-state index in [9.17, 15) is 8.42 Å². The van der Waals surface area contributed by atoms with Crippen molar-refractivity contribution in [1.29, 1.82) is 0 Å². The maximum atomic E-state index is 12.3. The maximum Gasteiger partial charge on any atom is 0.182 e. The quantitative estimate of drug-likeness (QED) is 0.885. The minimum atomic E-state index is -3.38. The van der Waals surface area contributed by atoms with Gasteiger partial charge in [0.2, 0.25) is 0 Å². The minimum Gasteiger partial charge on any atom is -0.399 e. The average molecular weight is 296 g/mol. The highest BCUT2D eigenvalue weighted by Crippen LogP contribution is 2.22. The molecule has 0 aromatic heterocycles. The van der Waals surface area contributed by atoms with Gasteiger partial charge in [-0.2, -0.15) is 0 Å². The van der Waals surface area contributed by atoms with Gasteiger partial charge < -0.3 is 5.73 Å². The second kappa shape index (κ2) is 5.23. The highest BCUT2D eigenvalue weighted by molar-refractivity contribution is 7.90. The lowest BCUT2D eigenvalue weighted by Gasteiger charge is -2.09. The van der Waals surface area contributed by atoms with Gasteiger partial charge in [-0.15, -0.1) is 0 Å². The molecule has 0 saturated heterocycles. The lowest BCUT2D eigenvalue weighted by molar-refractivity contribution is 0.595. The Balaban J connectivity index is 2.36. The Bertz CT molecular complexity index is 694. The molecule has 0 aliphatic carbocycles. The van der Waals surface area contributed by atoms with Crippen molar-refractivity contribution in [3.05, 3.63) is 58.6 Å². The van der Waals surface area contributed by atoms with Crippen LogP contribution in [0.3, 0.4) is 0 Å². The average Bonchev–Trinajstić information content (AvgIpc) is 2.35. The van der Waals surface area contributed by atoms with Gasteiger partial charge in [-0.25, -0.2) is 8.42 Å². The van der Waals surface area contributed by atoms with E-state index in [1.54, 1.807) is 30.3 Å². The van der Waals surface area contributed by atoms with Crippen molar-refractivity contribution < 1.29 is 8.42 Å². The summed E-state index contributed by atoms with van der Waals surface area (Å²) in [6, 6.07) is 11.5. The van der Waals surface area contributed by atoms with Crippen LogP contribution in [0.2, 0.25) is 5.02 Å². The predicted octanol–water partition coefficient (Wildman–Crippen LogP) is 3.20. The van der Waals surface area contributed by atoms with Crippen LogP contribution in [0, 0.1) is 6.92 Å². The van der Waals surface area contributed by atoms with E-state index in [2.05, 4.69) is 0 Å². The summed E-state index contributed by atoms with van der Waals surface area (Å²) in [5.41, 5.74) is 7.91. The Morgan fingerprint density at radius 1 is 1.11 bits per heavy atom. The van der Waals surface area contributed by atoms with Gasteiger partial charge in [0.05, 0.1) is 10.6 Å². The number of halogens is 1. The number of benzene rings is 2. The van der Waals surface area contributed by atoms with Crippen LogP contribution in [0.15, 0.2) is 47.4 Å². The summed E-state index contributed by atoms with van der Waals surface area (Å²) in [5.74, 6) is -0.0640. The molecule has 0 aliphatic heterocycles. The second-order valence-corrected chi connectivity index (χ2v) is 6.77. The van der Waals surface area contributed by atoms with E-state index in [4.69, 9.17) is 17.3 Å². The Morgan fingerprint density at radius 3 is 2.37 bits per heavy atom. The molecule has 3 nitrogen and oxygen atoms in total. The first-order chi connectivity index (χ1) is 8.90. The van der Waals surface area contributed by atoms with Crippen molar-refractivity contribution in [2.75, 3.05) is 5.73 Å². The fraction of sp³-hybridized carbons (Fsp3) is 0.143. The fourth-order valence-corrected chi connectivity index (χ4v) is 3.36. The topological polar surface area (TPSA) is 60.2 Å². The molecule has 0 aliphatic rings. The molecule has 2 aromatic carbocycles. The van der Waals surface area contributed by atoms with Gasteiger partial charge in [-0.1, -0.05) is 23.7 Å². The van der Waals surface area contributed by atoms with E-state index in [1.807, 2.05) is 6.92 Å². The van der Waals surface area contributed by atoms with Gasteiger partial charge in [-0.05, 0) is 48.4 Å². The molecule has 0 spiro atoms. The van der Waals surface area contributed by atoms with Crippen molar-refractivity contribution in [3.8, 4) is 0 Å². The first kappa shape index (κ1) is 13.9. The van der Waals surface area contributed by atoms with Crippen LogP contribution in [-0.2, 0) is 15.6 Å². The molecule has 2 aromatic rings. The van der Waals surface area contributed by atoms with Gasteiger partial charge >= 0.3 is 0 Å². The first-order valence-corrected chi connectivity index (χ1v) is 7.75. The molecular weight excluding hydrogens is 282 g/mol. The first-order valence-electron chi connectivity index (χ1n) is 5.72. The summed E-state index contributed by atoms with van der Waals surface area (Å²) in [6.45, 7) is 1.82. The molecule has 0 fully saturated rings. The zero-order chi connectivity index (χ0) is 14.0. The van der Waals surface area contributed by atoms with Crippen molar-refractivity contribution in [2.24, 2.45) is 0 Å². The largest absolute Gasteiger partial charge is 0.399 e. The van der Waals surface area contributed by atoms with E-state index in [1.165, 1.54) is 12.1 Å². The van der Waals surface area contributed by atoms with E-state index >= 15 is 0 Å². The smallest absolute Gasteiger partial charge is 0.182 e. The third kappa shape index (κ3) is 3.08. The summed E-state index contributed by atoms with van der Waals surface area (Å²) in [4.78, 5) is 0.263. The lowest BCUT2D eigenvalue weighted by atomic mass is 10.1. The van der Waals surface area contributed by atoms with Crippen LogP contribution in [0.25, 0.3) is 0 Å². The Kier molecular flexibility index (Phi) is 3.83. The maximum absolute atomic E-state index is 12.3. The van der Waals surface area contributed by atoms with Gasteiger partial charge in [0.1, 0.15) is 0 Å². The molecule has 0 heterocycles. The SMILES string of the molecule is Cc1c(N)cccc1CS(=O)(=O)c1ccc(Cl)cc1. The zero-order valence-corrected chi connectivity index (χ0v) is 12.0. The number of nitrogen functional groups attached to an aromatic ring is 1. The van der Waals surface area contributed by atoms with Crippen molar-refractivity contribution >= 4 is 27.1 Å². The Morgan fingerprint density at radius 2 is 1.74 bits per heavy atom. The number of hydrogen-bond acceptors (Lipinski definition) is 3. The van der Waals surface area contributed by atoms with Gasteiger partial charge in [0.25, 0.3) is 0 Å². The molecule has 5 heteroatoms. The molecule has 0 radical (unpaired) electrons. The summed E-state index contributed by atoms with van der Waals surface area (Å²) >= 11 is 5.76. The highest BCUT2D eigenvalue weighted by Gasteiger charge is 2.16. The summed E-state index contributed by atoms with van der Waals surface area (Å²) < 4.78 is 24.6. The summed E-state index contributed by atoms with van der Waals surface area (Å²) in [5, 5.41) is 0.513. The van der Waals surface area contributed by atoms with Crippen LogP contribution in [0.5, 0.6) is 0 Å². The molecule has 0 amide bonds. The van der Waals surface area contributed by atoms with Crippen LogP contribution in [0.4, 0.5) is 5.69 Å². The predicted molar refractivity (Wildman–Crippen MR) is 77.9 cm³/mol. The van der Waals surface area contributed by atoms with Crippen molar-refractivity contribution in [2.45, 2.75) is 17.6 Å². The number of hydrogen-bond donors (Lipinski definition) is 1. The number of anilines is 1. The number of rotatable bonds is 3. The molecular formula is C14H14ClNO2S. The van der Waals surface area contributed by atoms with E-state index in [0.717, 1.165) is 11.1 Å². The number of sulfone groups is 1. The third-order valence-electron chi connectivity index (χ3n) is 3.01. The minimum absolute atomic E-state index is 0.0640. The zero-order valence-electron chi connectivity index (χ0n) is 10.4. The lowest BCUT2D eigenvalue weighted by Crippen LogP contribution is -2.07. The van der Waals surface area contributed by atoms with Crippen LogP contribution >= 0.6 is 11.6 Å². The fourth-order valence-electron chi connectivity index (χ4n) is 1.79. The molecule has 19 heavy (non-hydrogen) atoms. The molecule has 0 saturated carbocycles. The Hall–Kier alpha value is -1.52. The van der Waals surface area contributed by atoms with Crippen LogP contribution in [0.1, 0.15) is 11.1 Å². The van der Waals surface area contributed by atoms with Gasteiger partial charge in [-0.3, -0.25) is 0 Å². The molecule has 0 unspecified atom stereocenters. The summed E-state index contributed by atoms with van der Waals surface area (Å²) in [6.07, 6.45) is 0. The molecule has 100 valence electrons.